The minimum Gasteiger partial charge on any atom is -0.497 e. The molecular weight excluding hydrogens is 308 g/mol. The first-order valence-electron chi connectivity index (χ1n) is 7.35. The highest BCUT2D eigenvalue weighted by molar-refractivity contribution is 5.95. The molecule has 0 radical (unpaired) electrons. The molecule has 0 aliphatic heterocycles. The molecule has 0 saturated carbocycles. The average molecular weight is 326 g/mol. The first-order chi connectivity index (χ1) is 11.7. The number of nitrogens with one attached hydrogen (secondary N) is 2. The molecule has 0 heterocycles. The third kappa shape index (κ3) is 4.22. The van der Waals surface area contributed by atoms with E-state index in [0.29, 0.717) is 17.0 Å². The maximum atomic E-state index is 12.4. The zero-order valence-electron chi connectivity index (χ0n) is 13.2. The molecule has 2 rings (SSSR count). The number of nitrogens with zero attached hydrogens (tertiary/aromatic N) is 2. The van der Waals surface area contributed by atoms with E-state index in [4.69, 9.17) is 10.3 Å². The first-order valence-corrected chi connectivity index (χ1v) is 7.35. The highest BCUT2D eigenvalue weighted by Crippen LogP contribution is 2.26. The van der Waals surface area contributed by atoms with Crippen LogP contribution in [0.2, 0.25) is 0 Å². The summed E-state index contributed by atoms with van der Waals surface area (Å²) in [4.78, 5) is 23.7. The fourth-order valence-corrected chi connectivity index (χ4v) is 2.38. The number of benzene rings is 2. The van der Waals surface area contributed by atoms with E-state index in [0.717, 1.165) is 0 Å². The van der Waals surface area contributed by atoms with Gasteiger partial charge in [0.25, 0.3) is 5.91 Å². The largest absolute Gasteiger partial charge is 0.497 e. The first kappa shape index (κ1) is 17.3. The molecule has 0 aromatic heterocycles. The van der Waals surface area contributed by atoms with Crippen molar-refractivity contribution in [1.29, 1.82) is 5.53 Å². The van der Waals surface area contributed by atoms with E-state index in [-0.39, 0.29) is 6.54 Å². The number of anilines is 1. The molecule has 24 heavy (non-hydrogen) atoms. The van der Waals surface area contributed by atoms with Crippen LogP contribution >= 0.6 is 0 Å². The Kier molecular flexibility index (Phi) is 6.13. The van der Waals surface area contributed by atoms with Crippen LogP contribution in [-0.2, 0) is 4.79 Å². The Bertz CT molecular complexity index is 689. The number of hydrogen-bond donors (Lipinski definition) is 2. The van der Waals surface area contributed by atoms with E-state index in [9.17, 15) is 9.70 Å². The minimum atomic E-state index is -1.19. The number of carbonyl (C=O) groups is 1. The number of rotatable bonds is 8. The lowest BCUT2D eigenvalue weighted by atomic mass is 9.91. The van der Waals surface area contributed by atoms with Gasteiger partial charge in [0.05, 0.1) is 13.7 Å². The molecule has 2 atom stereocenters. The van der Waals surface area contributed by atoms with E-state index in [1.807, 2.05) is 6.07 Å². The van der Waals surface area contributed by atoms with Crippen LogP contribution in [0.5, 0.6) is 5.75 Å². The molecule has 0 bridgehead atoms. The summed E-state index contributed by atoms with van der Waals surface area (Å²) in [5.41, 5.74) is 8.39. The maximum Gasteiger partial charge on any atom is 0.253 e. The van der Waals surface area contributed by atoms with Crippen LogP contribution in [0, 0.1) is 10.4 Å². The Balaban J connectivity index is 2.23. The molecule has 1 amide bonds. The summed E-state index contributed by atoms with van der Waals surface area (Å²) in [5.74, 6) is -0.486. The normalized spacial score (nSPS) is 12.7. The van der Waals surface area contributed by atoms with Crippen LogP contribution < -0.4 is 10.1 Å². The van der Waals surface area contributed by atoms with E-state index >= 15 is 0 Å². The smallest absolute Gasteiger partial charge is 0.253 e. The maximum absolute atomic E-state index is 12.4. The SMILES string of the molecule is COc1ccc(C(CN=N)C(N=O)C(=O)Nc2ccccc2)cc1. The molecule has 7 nitrogen and oxygen atoms in total. The highest BCUT2D eigenvalue weighted by Gasteiger charge is 2.31. The number of para-hydroxylation sites is 1. The van der Waals surface area contributed by atoms with E-state index in [1.165, 1.54) is 0 Å². The van der Waals surface area contributed by atoms with Gasteiger partial charge in [-0.15, -0.1) is 4.91 Å². The van der Waals surface area contributed by atoms with Crippen LogP contribution in [0.25, 0.3) is 0 Å². The summed E-state index contributed by atoms with van der Waals surface area (Å²) in [5, 5.41) is 9.00. The lowest BCUT2D eigenvalue weighted by Crippen LogP contribution is -2.33. The predicted molar refractivity (Wildman–Crippen MR) is 90.4 cm³/mol. The number of methoxy groups -OCH3 is 1. The Morgan fingerprint density at radius 1 is 1.17 bits per heavy atom. The topological polar surface area (TPSA) is 104 Å². The number of ether oxygens (including phenoxy) is 1. The Labute approximate surface area is 139 Å². The number of hydrogen-bond acceptors (Lipinski definition) is 6. The van der Waals surface area contributed by atoms with Crippen molar-refractivity contribution in [2.75, 3.05) is 19.0 Å². The Morgan fingerprint density at radius 3 is 2.38 bits per heavy atom. The molecule has 0 saturated heterocycles. The molecule has 0 spiro atoms. The molecule has 124 valence electrons. The molecule has 2 N–H and O–H groups in total. The third-order valence-corrected chi connectivity index (χ3v) is 3.64. The molecule has 2 aromatic rings. The van der Waals surface area contributed by atoms with Gasteiger partial charge < -0.3 is 10.1 Å². The number of amides is 1. The molecule has 0 aliphatic rings. The zero-order chi connectivity index (χ0) is 17.4. The lowest BCUT2D eigenvalue weighted by Gasteiger charge is -2.20. The second-order valence-corrected chi connectivity index (χ2v) is 5.13. The van der Waals surface area contributed by atoms with Crippen molar-refractivity contribution in [3.05, 3.63) is 65.1 Å². The van der Waals surface area contributed by atoms with Crippen molar-refractivity contribution in [2.45, 2.75) is 12.0 Å². The van der Waals surface area contributed by atoms with E-state index in [2.05, 4.69) is 15.6 Å². The Hall–Kier alpha value is -3.09. The monoisotopic (exact) mass is 326 g/mol. The zero-order valence-corrected chi connectivity index (χ0v) is 13.2. The van der Waals surface area contributed by atoms with Gasteiger partial charge in [0.15, 0.2) is 6.04 Å². The second kappa shape index (κ2) is 8.52. The van der Waals surface area contributed by atoms with Gasteiger partial charge >= 0.3 is 0 Å². The average Bonchev–Trinajstić information content (AvgIpc) is 2.62. The van der Waals surface area contributed by atoms with Crippen LogP contribution in [0.4, 0.5) is 5.69 Å². The van der Waals surface area contributed by atoms with Crippen molar-refractivity contribution >= 4 is 11.6 Å². The standard InChI is InChI=1S/C17H18N4O3/c1-24-14-9-7-12(8-10-14)15(11-19-18)16(21-23)17(22)20-13-5-3-2-4-6-13/h2-10,15-16,18H,11H2,1H3,(H,20,22). The summed E-state index contributed by atoms with van der Waals surface area (Å²) < 4.78 is 5.10. The summed E-state index contributed by atoms with van der Waals surface area (Å²) in [6.45, 7) is -0.00898. The van der Waals surface area contributed by atoms with Crippen molar-refractivity contribution in [1.82, 2.24) is 0 Å². The van der Waals surface area contributed by atoms with Crippen LogP contribution in [0.1, 0.15) is 11.5 Å². The number of nitroso groups, excluding NO2 is 1. The van der Waals surface area contributed by atoms with Crippen LogP contribution in [0.3, 0.4) is 0 Å². The molecule has 0 aliphatic carbocycles. The Morgan fingerprint density at radius 2 is 1.83 bits per heavy atom. The van der Waals surface area contributed by atoms with Gasteiger partial charge in [-0.1, -0.05) is 35.5 Å². The molecule has 2 unspecified atom stereocenters. The van der Waals surface area contributed by atoms with Gasteiger partial charge in [0.2, 0.25) is 0 Å². The third-order valence-electron chi connectivity index (χ3n) is 3.64. The molecule has 0 fully saturated rings. The summed E-state index contributed by atoms with van der Waals surface area (Å²) in [7, 11) is 1.55. The van der Waals surface area contributed by atoms with Gasteiger partial charge in [0.1, 0.15) is 5.75 Å². The lowest BCUT2D eigenvalue weighted by molar-refractivity contribution is -0.117. The number of carbonyl (C=O) groups excluding carboxylic acids is 1. The van der Waals surface area contributed by atoms with Crippen molar-refractivity contribution in [2.24, 2.45) is 10.3 Å². The quantitative estimate of drug-likeness (QED) is 0.572. The molecule has 2 aromatic carbocycles. The predicted octanol–water partition coefficient (Wildman–Crippen LogP) is 3.58. The minimum absolute atomic E-state index is 0.00898. The van der Waals surface area contributed by atoms with E-state index in [1.54, 1.807) is 55.6 Å². The van der Waals surface area contributed by atoms with Crippen molar-refractivity contribution in [3.63, 3.8) is 0 Å². The summed E-state index contributed by atoms with van der Waals surface area (Å²) in [6, 6.07) is 14.6. The van der Waals surface area contributed by atoms with Crippen molar-refractivity contribution < 1.29 is 9.53 Å². The van der Waals surface area contributed by atoms with Gasteiger partial charge in [0, 0.05) is 11.6 Å². The fraction of sp³-hybridized carbons (Fsp3) is 0.235. The highest BCUT2D eigenvalue weighted by atomic mass is 16.5. The molecular formula is C17H18N4O3. The van der Waals surface area contributed by atoms with E-state index < -0.39 is 17.9 Å². The fourth-order valence-electron chi connectivity index (χ4n) is 2.38. The molecule has 7 heteroatoms. The second-order valence-electron chi connectivity index (χ2n) is 5.13. The van der Waals surface area contributed by atoms with Gasteiger partial charge in [-0.2, -0.15) is 5.11 Å². The van der Waals surface area contributed by atoms with Crippen LogP contribution in [0.15, 0.2) is 64.9 Å². The summed E-state index contributed by atoms with van der Waals surface area (Å²) >= 11 is 0. The van der Waals surface area contributed by atoms with Gasteiger partial charge in [-0.05, 0) is 29.8 Å². The van der Waals surface area contributed by atoms with Crippen LogP contribution in [-0.4, -0.2) is 25.6 Å². The van der Waals surface area contributed by atoms with Crippen molar-refractivity contribution in [3.8, 4) is 5.75 Å². The van der Waals surface area contributed by atoms with Gasteiger partial charge in [-0.3, -0.25) is 4.79 Å². The summed E-state index contributed by atoms with van der Waals surface area (Å²) in [6.07, 6.45) is 0. The van der Waals surface area contributed by atoms with Gasteiger partial charge in [-0.25, -0.2) is 5.53 Å².